The van der Waals surface area contributed by atoms with E-state index in [0.717, 1.165) is 25.9 Å². The minimum absolute atomic E-state index is 0.0876. The van der Waals surface area contributed by atoms with E-state index < -0.39 is 6.09 Å². The third-order valence-corrected chi connectivity index (χ3v) is 2.44. The van der Waals surface area contributed by atoms with Gasteiger partial charge in [0.1, 0.15) is 0 Å². The SMILES string of the molecule is C[C@@H](NC(=O)O)C1CCNCC1. The van der Waals surface area contributed by atoms with Crippen LogP contribution in [0.2, 0.25) is 0 Å². The minimum Gasteiger partial charge on any atom is -0.465 e. The summed E-state index contributed by atoms with van der Waals surface area (Å²) in [6.07, 6.45) is 1.23. The number of carbonyl (C=O) groups is 1. The van der Waals surface area contributed by atoms with Gasteiger partial charge in [-0.15, -0.1) is 0 Å². The van der Waals surface area contributed by atoms with Crippen molar-refractivity contribution in [1.82, 2.24) is 10.6 Å². The first-order valence-electron chi connectivity index (χ1n) is 4.40. The highest BCUT2D eigenvalue weighted by atomic mass is 16.4. The van der Waals surface area contributed by atoms with E-state index in [1.807, 2.05) is 6.92 Å². The molecule has 0 radical (unpaired) electrons. The van der Waals surface area contributed by atoms with E-state index in [4.69, 9.17) is 5.11 Å². The molecule has 0 aromatic carbocycles. The normalized spacial score (nSPS) is 21.8. The predicted octanol–water partition coefficient (Wildman–Crippen LogP) is 0.642. The largest absolute Gasteiger partial charge is 0.465 e. The standard InChI is InChI=1S/C8H16N2O2/c1-6(10-8(11)12)7-2-4-9-5-3-7/h6-7,9-10H,2-5H2,1H3,(H,11,12)/t6-/m1/s1. The number of rotatable bonds is 2. The fourth-order valence-electron chi connectivity index (χ4n) is 1.66. The third kappa shape index (κ3) is 2.70. The highest BCUT2D eigenvalue weighted by Crippen LogP contribution is 2.15. The van der Waals surface area contributed by atoms with Crippen LogP contribution in [0.25, 0.3) is 0 Å². The molecule has 0 aliphatic carbocycles. The van der Waals surface area contributed by atoms with Crippen LogP contribution in [0.4, 0.5) is 4.79 Å². The molecule has 12 heavy (non-hydrogen) atoms. The van der Waals surface area contributed by atoms with E-state index in [2.05, 4.69) is 10.6 Å². The maximum Gasteiger partial charge on any atom is 0.404 e. The highest BCUT2D eigenvalue weighted by Gasteiger charge is 2.20. The Balaban J connectivity index is 2.29. The molecule has 1 aliphatic heterocycles. The summed E-state index contributed by atoms with van der Waals surface area (Å²) in [4.78, 5) is 10.3. The molecule has 4 nitrogen and oxygen atoms in total. The van der Waals surface area contributed by atoms with Gasteiger partial charge in [0, 0.05) is 6.04 Å². The van der Waals surface area contributed by atoms with Crippen LogP contribution in [0.15, 0.2) is 0 Å². The number of nitrogens with one attached hydrogen (secondary N) is 2. The van der Waals surface area contributed by atoms with Crippen LogP contribution in [0.1, 0.15) is 19.8 Å². The Labute approximate surface area is 72.3 Å². The Morgan fingerprint density at radius 3 is 2.67 bits per heavy atom. The molecule has 4 heteroatoms. The average Bonchev–Trinajstić information content (AvgIpc) is 2.05. The Kier molecular flexibility index (Phi) is 3.34. The molecule has 1 aliphatic rings. The van der Waals surface area contributed by atoms with Crippen LogP contribution in [-0.2, 0) is 0 Å². The molecule has 1 fully saturated rings. The monoisotopic (exact) mass is 172 g/mol. The van der Waals surface area contributed by atoms with Gasteiger partial charge in [-0.1, -0.05) is 0 Å². The summed E-state index contributed by atoms with van der Waals surface area (Å²) >= 11 is 0. The third-order valence-electron chi connectivity index (χ3n) is 2.44. The lowest BCUT2D eigenvalue weighted by molar-refractivity contribution is 0.182. The van der Waals surface area contributed by atoms with Gasteiger partial charge in [-0.2, -0.15) is 0 Å². The quantitative estimate of drug-likeness (QED) is 0.573. The van der Waals surface area contributed by atoms with Gasteiger partial charge >= 0.3 is 6.09 Å². The number of hydrogen-bond acceptors (Lipinski definition) is 2. The fourth-order valence-corrected chi connectivity index (χ4v) is 1.66. The van der Waals surface area contributed by atoms with Gasteiger partial charge in [-0.05, 0) is 38.8 Å². The Bertz CT molecular complexity index is 155. The van der Waals surface area contributed by atoms with Gasteiger partial charge in [-0.3, -0.25) is 0 Å². The van der Waals surface area contributed by atoms with Crippen LogP contribution in [-0.4, -0.2) is 30.3 Å². The summed E-state index contributed by atoms with van der Waals surface area (Å²) in [6.45, 7) is 3.96. The maximum atomic E-state index is 10.3. The van der Waals surface area contributed by atoms with Crippen LogP contribution in [0.5, 0.6) is 0 Å². The first-order valence-corrected chi connectivity index (χ1v) is 4.40. The van der Waals surface area contributed by atoms with Crippen LogP contribution in [0, 0.1) is 5.92 Å². The summed E-state index contributed by atoms with van der Waals surface area (Å²) in [6, 6.07) is 0.0876. The lowest BCUT2D eigenvalue weighted by Gasteiger charge is -2.27. The molecule has 3 N–H and O–H groups in total. The number of carboxylic acid groups (broad SMARTS) is 1. The van der Waals surface area contributed by atoms with E-state index >= 15 is 0 Å². The lowest BCUT2D eigenvalue weighted by Crippen LogP contribution is -2.42. The van der Waals surface area contributed by atoms with Gasteiger partial charge in [-0.25, -0.2) is 4.79 Å². The molecule has 0 aromatic heterocycles. The summed E-state index contributed by atoms with van der Waals surface area (Å²) < 4.78 is 0. The minimum atomic E-state index is -0.916. The zero-order chi connectivity index (χ0) is 8.97. The van der Waals surface area contributed by atoms with Crippen LogP contribution in [0.3, 0.4) is 0 Å². The van der Waals surface area contributed by atoms with Crippen molar-refractivity contribution in [2.24, 2.45) is 5.92 Å². The van der Waals surface area contributed by atoms with Gasteiger partial charge < -0.3 is 15.7 Å². The number of hydrogen-bond donors (Lipinski definition) is 3. The molecule has 0 aromatic rings. The van der Waals surface area contributed by atoms with Crippen LogP contribution >= 0.6 is 0 Å². The molecule has 0 spiro atoms. The Morgan fingerprint density at radius 2 is 2.17 bits per heavy atom. The second-order valence-corrected chi connectivity index (χ2v) is 3.33. The van der Waals surface area contributed by atoms with Gasteiger partial charge in [0.25, 0.3) is 0 Å². The molecule has 1 rings (SSSR count). The molecule has 70 valence electrons. The Hall–Kier alpha value is -0.770. The van der Waals surface area contributed by atoms with Crippen molar-refractivity contribution in [2.45, 2.75) is 25.8 Å². The second-order valence-electron chi connectivity index (χ2n) is 3.33. The molecule has 1 saturated heterocycles. The molecule has 0 unspecified atom stereocenters. The molecule has 0 saturated carbocycles. The molecule has 1 atom stereocenters. The van der Waals surface area contributed by atoms with E-state index in [9.17, 15) is 4.79 Å². The zero-order valence-electron chi connectivity index (χ0n) is 7.34. The summed E-state index contributed by atoms with van der Waals surface area (Å²) in [7, 11) is 0. The van der Waals surface area contributed by atoms with Crippen molar-refractivity contribution < 1.29 is 9.90 Å². The lowest BCUT2D eigenvalue weighted by atomic mass is 9.91. The fraction of sp³-hybridized carbons (Fsp3) is 0.875. The molecular weight excluding hydrogens is 156 g/mol. The molecule has 0 bridgehead atoms. The molecular formula is C8H16N2O2. The van der Waals surface area contributed by atoms with Crippen molar-refractivity contribution in [3.05, 3.63) is 0 Å². The van der Waals surface area contributed by atoms with Crippen LogP contribution < -0.4 is 10.6 Å². The van der Waals surface area contributed by atoms with Crippen molar-refractivity contribution >= 4 is 6.09 Å². The summed E-state index contributed by atoms with van der Waals surface area (Å²) in [5.41, 5.74) is 0. The topological polar surface area (TPSA) is 61.4 Å². The summed E-state index contributed by atoms with van der Waals surface area (Å²) in [5.74, 6) is 0.502. The zero-order valence-corrected chi connectivity index (χ0v) is 7.34. The van der Waals surface area contributed by atoms with E-state index in [1.54, 1.807) is 0 Å². The smallest absolute Gasteiger partial charge is 0.404 e. The molecule has 1 amide bonds. The summed E-state index contributed by atoms with van der Waals surface area (Å²) in [5, 5.41) is 14.2. The average molecular weight is 172 g/mol. The van der Waals surface area contributed by atoms with Crippen molar-refractivity contribution in [1.29, 1.82) is 0 Å². The molecule has 1 heterocycles. The first kappa shape index (κ1) is 9.32. The van der Waals surface area contributed by atoms with Crippen molar-refractivity contribution in [3.8, 4) is 0 Å². The predicted molar refractivity (Wildman–Crippen MR) is 46.2 cm³/mol. The second kappa shape index (κ2) is 4.30. The maximum absolute atomic E-state index is 10.3. The van der Waals surface area contributed by atoms with Gasteiger partial charge in [0.15, 0.2) is 0 Å². The van der Waals surface area contributed by atoms with Crippen molar-refractivity contribution in [2.75, 3.05) is 13.1 Å². The van der Waals surface area contributed by atoms with Gasteiger partial charge in [0.2, 0.25) is 0 Å². The number of amides is 1. The van der Waals surface area contributed by atoms with Gasteiger partial charge in [0.05, 0.1) is 0 Å². The Morgan fingerprint density at radius 1 is 1.58 bits per heavy atom. The first-order chi connectivity index (χ1) is 5.70. The van der Waals surface area contributed by atoms with E-state index in [1.165, 1.54) is 0 Å². The van der Waals surface area contributed by atoms with Crippen molar-refractivity contribution in [3.63, 3.8) is 0 Å². The van der Waals surface area contributed by atoms with E-state index in [-0.39, 0.29) is 6.04 Å². The van der Waals surface area contributed by atoms with E-state index in [0.29, 0.717) is 5.92 Å². The highest BCUT2D eigenvalue weighted by molar-refractivity contribution is 5.64. The number of piperidine rings is 1.